The quantitative estimate of drug-likeness (QED) is 0.810. The number of carbonyl (C=O) groups excluding carboxylic acids is 1. The van der Waals surface area contributed by atoms with Crippen LogP contribution in [0.3, 0.4) is 0 Å². The van der Waals surface area contributed by atoms with Gasteiger partial charge >= 0.3 is 0 Å². The van der Waals surface area contributed by atoms with Crippen molar-refractivity contribution in [2.75, 3.05) is 39.3 Å². The summed E-state index contributed by atoms with van der Waals surface area (Å²) in [6.45, 7) is 7.49. The fraction of sp³-hybridized carbons (Fsp3) is 0.647. The summed E-state index contributed by atoms with van der Waals surface area (Å²) in [5.41, 5.74) is -0.139. The Kier molecular flexibility index (Phi) is 5.13. The lowest BCUT2D eigenvalue weighted by Crippen LogP contribution is -2.50. The third-order valence-corrected chi connectivity index (χ3v) is 4.93. The number of likely N-dealkylation sites (N-methyl/N-ethyl adjacent to an activating group) is 1. The van der Waals surface area contributed by atoms with Gasteiger partial charge in [0.05, 0.1) is 12.7 Å². The molecular weight excluding hydrogens is 294 g/mol. The molecule has 23 heavy (non-hydrogen) atoms. The molecule has 3 heterocycles. The number of nitrogens with zero attached hydrogens (tertiary/aromatic N) is 3. The van der Waals surface area contributed by atoms with Gasteiger partial charge in [-0.25, -0.2) is 0 Å². The number of piperidine rings is 1. The van der Waals surface area contributed by atoms with Gasteiger partial charge in [0.2, 0.25) is 5.91 Å². The van der Waals surface area contributed by atoms with Crippen molar-refractivity contribution in [3.8, 4) is 0 Å². The van der Waals surface area contributed by atoms with Crippen LogP contribution in [0.2, 0.25) is 0 Å². The molecule has 0 aromatic carbocycles. The molecule has 2 saturated heterocycles. The first-order chi connectivity index (χ1) is 11.2. The smallest absolute Gasteiger partial charge is 0.250 e. The number of likely N-dealkylation sites (tertiary alicyclic amines) is 1. The Bertz CT molecular complexity index is 601. The molecule has 3 rings (SSSR count). The summed E-state index contributed by atoms with van der Waals surface area (Å²) in [4.78, 5) is 28.5. The Morgan fingerprint density at radius 3 is 2.96 bits per heavy atom. The number of pyridine rings is 1. The molecule has 2 aliphatic heterocycles. The van der Waals surface area contributed by atoms with E-state index < -0.39 is 0 Å². The van der Waals surface area contributed by atoms with Gasteiger partial charge < -0.3 is 19.1 Å². The van der Waals surface area contributed by atoms with Crippen LogP contribution in [0.25, 0.3) is 0 Å². The minimum absolute atomic E-state index is 0.00283. The predicted octanol–water partition coefficient (Wildman–Crippen LogP) is 0.418. The summed E-state index contributed by atoms with van der Waals surface area (Å²) in [6, 6.07) is 4.94. The summed E-state index contributed by atoms with van der Waals surface area (Å²) in [6.07, 6.45) is 2.75. The fourth-order valence-corrected chi connectivity index (χ4v) is 3.47. The van der Waals surface area contributed by atoms with Crippen LogP contribution in [-0.4, -0.2) is 65.7 Å². The molecule has 2 fully saturated rings. The van der Waals surface area contributed by atoms with Crippen molar-refractivity contribution in [2.45, 2.75) is 26.0 Å². The molecule has 126 valence electrons. The summed E-state index contributed by atoms with van der Waals surface area (Å²) < 4.78 is 7.45. The Balaban J connectivity index is 1.61. The van der Waals surface area contributed by atoms with Crippen molar-refractivity contribution in [1.29, 1.82) is 0 Å². The average Bonchev–Trinajstić information content (AvgIpc) is 2.78. The van der Waals surface area contributed by atoms with Crippen LogP contribution in [0.5, 0.6) is 0 Å². The van der Waals surface area contributed by atoms with E-state index in [-0.39, 0.29) is 24.1 Å². The van der Waals surface area contributed by atoms with E-state index in [4.69, 9.17) is 4.74 Å². The number of amides is 1. The molecule has 2 atom stereocenters. The van der Waals surface area contributed by atoms with E-state index in [1.165, 1.54) is 10.6 Å². The van der Waals surface area contributed by atoms with Gasteiger partial charge in [0.25, 0.3) is 5.56 Å². The predicted molar refractivity (Wildman–Crippen MR) is 87.2 cm³/mol. The maximum Gasteiger partial charge on any atom is 0.250 e. The number of rotatable bonds is 3. The third kappa shape index (κ3) is 3.82. The summed E-state index contributed by atoms with van der Waals surface area (Å²) >= 11 is 0. The van der Waals surface area contributed by atoms with Gasteiger partial charge in [-0.2, -0.15) is 0 Å². The second kappa shape index (κ2) is 7.27. The Morgan fingerprint density at radius 2 is 2.17 bits per heavy atom. The standard InChI is InChI=1S/C17H25N3O3/c1-2-18-9-10-23-15-12-20(8-6-14(15)11-18)17(22)13-19-7-4-3-5-16(19)21/h3-5,7,14-15H,2,6,8-13H2,1H3. The maximum absolute atomic E-state index is 12.5. The van der Waals surface area contributed by atoms with E-state index in [0.29, 0.717) is 12.5 Å². The second-order valence-corrected chi connectivity index (χ2v) is 6.36. The van der Waals surface area contributed by atoms with Gasteiger partial charge in [-0.05, 0) is 19.0 Å². The molecule has 6 heteroatoms. The zero-order valence-electron chi connectivity index (χ0n) is 13.7. The first-order valence-electron chi connectivity index (χ1n) is 8.44. The SMILES string of the molecule is CCN1CCOC2CN(C(=O)Cn3ccccc3=O)CCC2C1. The lowest BCUT2D eigenvalue weighted by Gasteiger charge is -2.38. The summed E-state index contributed by atoms with van der Waals surface area (Å²) in [5, 5.41) is 0. The average molecular weight is 319 g/mol. The van der Waals surface area contributed by atoms with Crippen LogP contribution in [0, 0.1) is 5.92 Å². The lowest BCUT2D eigenvalue weighted by atomic mass is 9.93. The van der Waals surface area contributed by atoms with Crippen molar-refractivity contribution >= 4 is 5.91 Å². The van der Waals surface area contributed by atoms with Gasteiger partial charge in [-0.3, -0.25) is 9.59 Å². The van der Waals surface area contributed by atoms with Crippen LogP contribution in [0.4, 0.5) is 0 Å². The van der Waals surface area contributed by atoms with Crippen LogP contribution in [0.15, 0.2) is 29.2 Å². The molecule has 0 saturated carbocycles. The van der Waals surface area contributed by atoms with Gasteiger partial charge in [0, 0.05) is 44.4 Å². The highest BCUT2D eigenvalue weighted by Crippen LogP contribution is 2.24. The van der Waals surface area contributed by atoms with Crippen LogP contribution >= 0.6 is 0 Å². The van der Waals surface area contributed by atoms with Gasteiger partial charge in [0.15, 0.2) is 0 Å². The van der Waals surface area contributed by atoms with Crippen LogP contribution < -0.4 is 5.56 Å². The molecule has 0 bridgehead atoms. The molecule has 1 aromatic heterocycles. The monoisotopic (exact) mass is 319 g/mol. The van der Waals surface area contributed by atoms with Crippen molar-refractivity contribution in [3.05, 3.63) is 34.7 Å². The topological polar surface area (TPSA) is 54.8 Å². The van der Waals surface area contributed by atoms with E-state index in [9.17, 15) is 9.59 Å². The highest BCUT2D eigenvalue weighted by molar-refractivity contribution is 5.76. The van der Waals surface area contributed by atoms with E-state index >= 15 is 0 Å². The van der Waals surface area contributed by atoms with Crippen LogP contribution in [-0.2, 0) is 16.1 Å². The van der Waals surface area contributed by atoms with E-state index in [1.54, 1.807) is 18.3 Å². The fourth-order valence-electron chi connectivity index (χ4n) is 3.47. The number of carbonyl (C=O) groups is 1. The molecule has 0 spiro atoms. The minimum Gasteiger partial charge on any atom is -0.375 e. The zero-order chi connectivity index (χ0) is 16.2. The van der Waals surface area contributed by atoms with Crippen molar-refractivity contribution in [1.82, 2.24) is 14.4 Å². The molecule has 0 radical (unpaired) electrons. The zero-order valence-corrected chi connectivity index (χ0v) is 13.7. The number of ether oxygens (including phenoxy) is 1. The Morgan fingerprint density at radius 1 is 1.30 bits per heavy atom. The summed E-state index contributed by atoms with van der Waals surface area (Å²) in [5.74, 6) is 0.498. The molecular formula is C17H25N3O3. The largest absolute Gasteiger partial charge is 0.375 e. The molecule has 0 N–H and O–H groups in total. The first kappa shape index (κ1) is 16.2. The highest BCUT2D eigenvalue weighted by Gasteiger charge is 2.34. The van der Waals surface area contributed by atoms with Gasteiger partial charge in [-0.15, -0.1) is 0 Å². The summed E-state index contributed by atoms with van der Waals surface area (Å²) in [7, 11) is 0. The van der Waals surface area contributed by atoms with Crippen LogP contribution in [0.1, 0.15) is 13.3 Å². The van der Waals surface area contributed by atoms with Gasteiger partial charge in [-0.1, -0.05) is 13.0 Å². The second-order valence-electron chi connectivity index (χ2n) is 6.36. The van der Waals surface area contributed by atoms with Gasteiger partial charge in [0.1, 0.15) is 6.54 Å². The number of hydrogen-bond donors (Lipinski definition) is 0. The number of fused-ring (bicyclic) bond motifs is 1. The Hall–Kier alpha value is -1.66. The van der Waals surface area contributed by atoms with Crippen molar-refractivity contribution in [3.63, 3.8) is 0 Å². The number of hydrogen-bond acceptors (Lipinski definition) is 4. The van der Waals surface area contributed by atoms with E-state index in [0.717, 1.165) is 39.2 Å². The normalized spacial score (nSPS) is 25.7. The molecule has 1 aromatic rings. The van der Waals surface area contributed by atoms with E-state index in [1.807, 2.05) is 4.90 Å². The minimum atomic E-state index is -0.139. The Labute approximate surface area is 136 Å². The van der Waals surface area contributed by atoms with E-state index in [2.05, 4.69) is 11.8 Å². The molecule has 2 aliphatic rings. The third-order valence-electron chi connectivity index (χ3n) is 4.93. The number of aromatic nitrogens is 1. The molecule has 2 unspecified atom stereocenters. The molecule has 1 amide bonds. The van der Waals surface area contributed by atoms with Crippen molar-refractivity contribution < 1.29 is 9.53 Å². The molecule has 0 aliphatic carbocycles. The van der Waals surface area contributed by atoms with Crippen molar-refractivity contribution in [2.24, 2.45) is 5.92 Å². The maximum atomic E-state index is 12.5. The molecule has 6 nitrogen and oxygen atoms in total. The first-order valence-corrected chi connectivity index (χ1v) is 8.44. The lowest BCUT2D eigenvalue weighted by molar-refractivity contribution is -0.137. The highest BCUT2D eigenvalue weighted by atomic mass is 16.5.